The second kappa shape index (κ2) is 7.09. The Kier molecular flexibility index (Phi) is 5.45. The van der Waals surface area contributed by atoms with E-state index in [0.29, 0.717) is 6.04 Å². The molecule has 0 radical (unpaired) electrons. The monoisotopic (exact) mass is 259 g/mol. The smallest absolute Gasteiger partial charge is 0.0320 e. The van der Waals surface area contributed by atoms with Gasteiger partial charge < -0.3 is 5.32 Å². The molecule has 1 aromatic rings. The van der Waals surface area contributed by atoms with Crippen LogP contribution in [-0.2, 0) is 0 Å². The van der Waals surface area contributed by atoms with Gasteiger partial charge in [0.25, 0.3) is 0 Å². The molecule has 1 N–H and O–H groups in total. The third kappa shape index (κ3) is 4.07. The predicted molar refractivity (Wildman–Crippen MR) is 83.5 cm³/mol. The van der Waals surface area contributed by atoms with Crippen molar-refractivity contribution >= 4 is 0 Å². The van der Waals surface area contributed by atoms with E-state index in [4.69, 9.17) is 0 Å². The van der Waals surface area contributed by atoms with Gasteiger partial charge in [-0.25, -0.2) is 0 Å². The van der Waals surface area contributed by atoms with E-state index in [1.807, 2.05) is 0 Å². The second-order valence-electron chi connectivity index (χ2n) is 6.38. The maximum Gasteiger partial charge on any atom is 0.0320 e. The fourth-order valence-corrected chi connectivity index (χ4v) is 2.88. The van der Waals surface area contributed by atoms with Crippen LogP contribution in [0.15, 0.2) is 24.3 Å². The van der Waals surface area contributed by atoms with Gasteiger partial charge in [0.15, 0.2) is 0 Å². The first kappa shape index (κ1) is 14.6. The van der Waals surface area contributed by atoms with Gasteiger partial charge in [-0.15, -0.1) is 0 Å². The maximum absolute atomic E-state index is 3.63. The van der Waals surface area contributed by atoms with Crippen LogP contribution in [0, 0.1) is 5.92 Å². The Hall–Kier alpha value is -0.820. The zero-order valence-electron chi connectivity index (χ0n) is 12.8. The molecule has 0 aromatic heterocycles. The molecule has 0 bridgehead atoms. The van der Waals surface area contributed by atoms with E-state index in [0.717, 1.165) is 18.4 Å². The molecule has 1 fully saturated rings. The maximum atomic E-state index is 3.63. The summed E-state index contributed by atoms with van der Waals surface area (Å²) in [4.78, 5) is 0. The summed E-state index contributed by atoms with van der Waals surface area (Å²) in [5.74, 6) is 1.64. The zero-order valence-corrected chi connectivity index (χ0v) is 12.8. The van der Waals surface area contributed by atoms with Gasteiger partial charge >= 0.3 is 0 Å². The second-order valence-corrected chi connectivity index (χ2v) is 6.38. The molecule has 0 aliphatic heterocycles. The lowest BCUT2D eigenvalue weighted by Crippen LogP contribution is -2.21. The normalized spacial score (nSPS) is 17.5. The van der Waals surface area contributed by atoms with Crippen molar-refractivity contribution in [1.29, 1.82) is 0 Å². The molecule has 1 atom stereocenters. The summed E-state index contributed by atoms with van der Waals surface area (Å²) < 4.78 is 0. The molecule has 1 aliphatic carbocycles. The highest BCUT2D eigenvalue weighted by atomic mass is 14.9. The molecule has 0 heterocycles. The van der Waals surface area contributed by atoms with Gasteiger partial charge in [-0.3, -0.25) is 0 Å². The molecule has 106 valence electrons. The third-order valence-corrected chi connectivity index (χ3v) is 4.40. The van der Waals surface area contributed by atoms with E-state index in [9.17, 15) is 0 Å². The fraction of sp³-hybridized carbons (Fsp3) is 0.667. The summed E-state index contributed by atoms with van der Waals surface area (Å²) in [6, 6.07) is 9.95. The summed E-state index contributed by atoms with van der Waals surface area (Å²) in [5.41, 5.74) is 3.01. The SMILES string of the molecule is CCNC(CCC(C)C)c1ccc(C2CCC2)cc1. The van der Waals surface area contributed by atoms with Gasteiger partial charge in [-0.1, -0.05) is 51.5 Å². The van der Waals surface area contributed by atoms with E-state index in [1.54, 1.807) is 5.56 Å². The van der Waals surface area contributed by atoms with Crippen LogP contribution < -0.4 is 5.32 Å². The average Bonchev–Trinajstić information content (AvgIpc) is 2.33. The standard InChI is InChI=1S/C18H29N/c1-4-19-18(13-8-14(2)3)17-11-9-16(10-12-17)15-6-5-7-15/h9-12,14-15,18-19H,4-8,13H2,1-3H3. The predicted octanol–water partition coefficient (Wildman–Crippen LogP) is 5.04. The molecule has 0 amide bonds. The Morgan fingerprint density at radius 1 is 1.11 bits per heavy atom. The number of hydrogen-bond donors (Lipinski definition) is 1. The van der Waals surface area contributed by atoms with E-state index < -0.39 is 0 Å². The molecular formula is C18H29N. The van der Waals surface area contributed by atoms with Gasteiger partial charge in [-0.05, 0) is 55.2 Å². The summed E-state index contributed by atoms with van der Waals surface area (Å²) >= 11 is 0. The molecule has 0 spiro atoms. The highest BCUT2D eigenvalue weighted by Crippen LogP contribution is 2.36. The molecule has 2 rings (SSSR count). The van der Waals surface area contributed by atoms with Crippen LogP contribution in [0.3, 0.4) is 0 Å². The summed E-state index contributed by atoms with van der Waals surface area (Å²) in [5, 5.41) is 3.63. The van der Waals surface area contributed by atoms with Crippen molar-refractivity contribution in [2.75, 3.05) is 6.54 Å². The van der Waals surface area contributed by atoms with Crippen molar-refractivity contribution in [1.82, 2.24) is 5.32 Å². The van der Waals surface area contributed by atoms with E-state index >= 15 is 0 Å². The minimum Gasteiger partial charge on any atom is -0.310 e. The molecule has 1 saturated carbocycles. The molecule has 1 nitrogen and oxygen atoms in total. The molecular weight excluding hydrogens is 230 g/mol. The van der Waals surface area contributed by atoms with Crippen molar-refractivity contribution in [3.8, 4) is 0 Å². The van der Waals surface area contributed by atoms with Crippen LogP contribution in [0.25, 0.3) is 0 Å². The van der Waals surface area contributed by atoms with Gasteiger partial charge in [-0.2, -0.15) is 0 Å². The Labute approximate surface area is 118 Å². The van der Waals surface area contributed by atoms with Crippen LogP contribution in [0.5, 0.6) is 0 Å². The zero-order chi connectivity index (χ0) is 13.7. The fourth-order valence-electron chi connectivity index (χ4n) is 2.88. The minimum absolute atomic E-state index is 0.530. The topological polar surface area (TPSA) is 12.0 Å². The molecule has 19 heavy (non-hydrogen) atoms. The van der Waals surface area contributed by atoms with E-state index in [-0.39, 0.29) is 0 Å². The molecule has 1 aromatic carbocycles. The number of hydrogen-bond acceptors (Lipinski definition) is 1. The van der Waals surface area contributed by atoms with Crippen molar-refractivity contribution < 1.29 is 0 Å². The van der Waals surface area contributed by atoms with Gasteiger partial charge in [0.05, 0.1) is 0 Å². The van der Waals surface area contributed by atoms with Crippen LogP contribution >= 0.6 is 0 Å². The summed E-state index contributed by atoms with van der Waals surface area (Å²) in [6.45, 7) is 7.86. The molecule has 1 heteroatoms. The highest BCUT2D eigenvalue weighted by Gasteiger charge is 2.19. The summed E-state index contributed by atoms with van der Waals surface area (Å²) in [7, 11) is 0. The van der Waals surface area contributed by atoms with Crippen molar-refractivity contribution in [3.63, 3.8) is 0 Å². The highest BCUT2D eigenvalue weighted by molar-refractivity contribution is 5.28. The average molecular weight is 259 g/mol. The van der Waals surface area contributed by atoms with E-state index in [2.05, 4.69) is 50.4 Å². The van der Waals surface area contributed by atoms with Crippen LogP contribution in [0.1, 0.15) is 76.0 Å². The quantitative estimate of drug-likeness (QED) is 0.723. The van der Waals surface area contributed by atoms with Crippen molar-refractivity contribution in [3.05, 3.63) is 35.4 Å². The van der Waals surface area contributed by atoms with E-state index in [1.165, 1.54) is 37.7 Å². The lowest BCUT2D eigenvalue weighted by atomic mass is 9.79. The van der Waals surface area contributed by atoms with Gasteiger partial charge in [0.2, 0.25) is 0 Å². The van der Waals surface area contributed by atoms with Gasteiger partial charge in [0.1, 0.15) is 0 Å². The first-order valence-electron chi connectivity index (χ1n) is 8.04. The number of nitrogens with one attached hydrogen (secondary N) is 1. The first-order chi connectivity index (χ1) is 9.20. The number of benzene rings is 1. The van der Waals surface area contributed by atoms with Crippen LogP contribution in [-0.4, -0.2) is 6.54 Å². The van der Waals surface area contributed by atoms with Crippen LogP contribution in [0.2, 0.25) is 0 Å². The largest absolute Gasteiger partial charge is 0.310 e. The first-order valence-corrected chi connectivity index (χ1v) is 8.04. The third-order valence-electron chi connectivity index (χ3n) is 4.40. The Bertz CT molecular complexity index is 362. The van der Waals surface area contributed by atoms with Gasteiger partial charge in [0, 0.05) is 6.04 Å². The molecule has 1 aliphatic rings. The summed E-state index contributed by atoms with van der Waals surface area (Å²) in [6.07, 6.45) is 6.74. The Morgan fingerprint density at radius 3 is 2.26 bits per heavy atom. The van der Waals surface area contributed by atoms with Crippen molar-refractivity contribution in [2.45, 2.75) is 64.8 Å². The minimum atomic E-state index is 0.530. The lowest BCUT2D eigenvalue weighted by molar-refractivity contribution is 0.419. The number of rotatable bonds is 7. The lowest BCUT2D eigenvalue weighted by Gasteiger charge is -2.26. The van der Waals surface area contributed by atoms with Crippen LogP contribution in [0.4, 0.5) is 0 Å². The Balaban J connectivity index is 1.99. The molecule has 1 unspecified atom stereocenters. The van der Waals surface area contributed by atoms with Crippen molar-refractivity contribution in [2.24, 2.45) is 5.92 Å². The Morgan fingerprint density at radius 2 is 1.79 bits per heavy atom. The molecule has 0 saturated heterocycles.